The van der Waals surface area contributed by atoms with Crippen LogP contribution in [0.2, 0.25) is 15.2 Å². The minimum absolute atomic E-state index is 0.0430. The molecule has 1 aliphatic heterocycles. The second kappa shape index (κ2) is 6.48. The molecule has 2 aromatic rings. The van der Waals surface area contributed by atoms with Crippen LogP contribution >= 0.6 is 34.8 Å². The molecule has 3 rings (SSSR count). The zero-order chi connectivity index (χ0) is 17.5. The number of anilines is 1. The van der Waals surface area contributed by atoms with E-state index >= 15 is 0 Å². The third kappa shape index (κ3) is 3.35. The number of rotatable bonds is 2. The number of pyridine rings is 1. The lowest BCUT2D eigenvalue weighted by atomic mass is 10.1. The van der Waals surface area contributed by atoms with Gasteiger partial charge in [-0.3, -0.25) is 5.43 Å². The Labute approximate surface area is 152 Å². The minimum atomic E-state index is -3.45. The second-order valence-electron chi connectivity index (χ2n) is 4.97. The summed E-state index contributed by atoms with van der Waals surface area (Å²) in [5, 5.41) is 4.55. The number of hydrogen-bond acceptors (Lipinski definition) is 5. The van der Waals surface area contributed by atoms with Crippen molar-refractivity contribution in [2.45, 2.75) is 11.3 Å². The monoisotopic (exact) mass is 407 g/mol. The highest BCUT2D eigenvalue weighted by molar-refractivity contribution is 7.91. The Kier molecular flexibility index (Phi) is 4.70. The summed E-state index contributed by atoms with van der Waals surface area (Å²) in [7, 11) is -3.45. The maximum atomic E-state index is 13.5. The average molecular weight is 409 g/mol. The van der Waals surface area contributed by atoms with Gasteiger partial charge in [-0.25, -0.2) is 17.8 Å². The number of sulfone groups is 1. The molecule has 0 spiro atoms. The van der Waals surface area contributed by atoms with Crippen LogP contribution in [0.5, 0.6) is 0 Å². The van der Waals surface area contributed by atoms with Gasteiger partial charge in [-0.1, -0.05) is 34.8 Å². The molecular formula is C14H9Cl3FN3O2S. The van der Waals surface area contributed by atoms with E-state index in [1.165, 1.54) is 12.1 Å². The number of nitrogens with zero attached hydrogens (tertiary/aromatic N) is 2. The Bertz CT molecular complexity index is 964. The van der Waals surface area contributed by atoms with E-state index in [0.29, 0.717) is 5.71 Å². The summed E-state index contributed by atoms with van der Waals surface area (Å²) >= 11 is 17.6. The fourth-order valence-corrected chi connectivity index (χ4v) is 4.24. The Hall–Kier alpha value is -1.41. The topological polar surface area (TPSA) is 71.4 Å². The molecular weight excluding hydrogens is 400 g/mol. The highest BCUT2D eigenvalue weighted by Crippen LogP contribution is 2.30. The van der Waals surface area contributed by atoms with E-state index in [2.05, 4.69) is 15.5 Å². The van der Waals surface area contributed by atoms with E-state index in [1.54, 1.807) is 0 Å². The SMILES string of the molecule is O=S1(=O)CCC(=NNc2nc(Cl)c(Cl)cc2Cl)c2cc(F)ccc21. The Balaban J connectivity index is 2.01. The van der Waals surface area contributed by atoms with E-state index < -0.39 is 15.7 Å². The van der Waals surface area contributed by atoms with E-state index in [0.717, 1.165) is 12.1 Å². The first-order valence-electron chi connectivity index (χ1n) is 6.65. The predicted molar refractivity (Wildman–Crippen MR) is 92.5 cm³/mol. The molecule has 1 aromatic heterocycles. The van der Waals surface area contributed by atoms with Crippen molar-refractivity contribution in [2.24, 2.45) is 5.10 Å². The van der Waals surface area contributed by atoms with Crippen LogP contribution in [0.4, 0.5) is 10.2 Å². The van der Waals surface area contributed by atoms with Crippen molar-refractivity contribution in [3.63, 3.8) is 0 Å². The van der Waals surface area contributed by atoms with Crippen molar-refractivity contribution in [1.82, 2.24) is 4.98 Å². The molecule has 1 N–H and O–H groups in total. The summed E-state index contributed by atoms with van der Waals surface area (Å²) in [6.45, 7) is 0. The molecule has 0 aliphatic carbocycles. The first-order valence-corrected chi connectivity index (χ1v) is 9.43. The molecule has 0 saturated carbocycles. The molecule has 0 amide bonds. The summed E-state index contributed by atoms with van der Waals surface area (Å²) in [6.07, 6.45) is 0.130. The van der Waals surface area contributed by atoms with Crippen molar-refractivity contribution in [3.05, 3.63) is 50.8 Å². The molecule has 0 saturated heterocycles. The van der Waals surface area contributed by atoms with Crippen LogP contribution in [0.1, 0.15) is 12.0 Å². The fourth-order valence-electron chi connectivity index (χ4n) is 2.23. The van der Waals surface area contributed by atoms with Gasteiger partial charge < -0.3 is 0 Å². The molecule has 0 unspecified atom stereocenters. The van der Waals surface area contributed by atoms with Crippen molar-refractivity contribution >= 4 is 56.2 Å². The van der Waals surface area contributed by atoms with Crippen molar-refractivity contribution in [3.8, 4) is 0 Å². The zero-order valence-corrected chi connectivity index (χ0v) is 14.9. The molecule has 5 nitrogen and oxygen atoms in total. The molecule has 24 heavy (non-hydrogen) atoms. The molecule has 0 radical (unpaired) electrons. The molecule has 0 atom stereocenters. The number of hydrogen-bond donors (Lipinski definition) is 1. The number of fused-ring (bicyclic) bond motifs is 1. The summed E-state index contributed by atoms with van der Waals surface area (Å²) in [6, 6.07) is 4.87. The van der Waals surface area contributed by atoms with Crippen molar-refractivity contribution < 1.29 is 12.8 Å². The van der Waals surface area contributed by atoms with E-state index in [9.17, 15) is 12.8 Å². The lowest BCUT2D eigenvalue weighted by molar-refractivity contribution is 0.593. The third-order valence-corrected chi connectivity index (χ3v) is 6.11. The van der Waals surface area contributed by atoms with E-state index in [-0.39, 0.29) is 43.6 Å². The maximum Gasteiger partial charge on any atom is 0.179 e. The lowest BCUT2D eigenvalue weighted by Crippen LogP contribution is -2.23. The van der Waals surface area contributed by atoms with Gasteiger partial charge in [0.1, 0.15) is 11.0 Å². The average Bonchev–Trinajstić information content (AvgIpc) is 2.51. The number of hydrazone groups is 1. The van der Waals surface area contributed by atoms with Crippen LogP contribution < -0.4 is 5.43 Å². The lowest BCUT2D eigenvalue weighted by Gasteiger charge is -2.18. The molecule has 2 heterocycles. The van der Waals surface area contributed by atoms with Gasteiger partial charge in [-0.2, -0.15) is 5.10 Å². The van der Waals surface area contributed by atoms with Gasteiger partial charge >= 0.3 is 0 Å². The Morgan fingerprint density at radius 2 is 1.92 bits per heavy atom. The van der Waals surface area contributed by atoms with Gasteiger partial charge in [-0.05, 0) is 24.3 Å². The smallest absolute Gasteiger partial charge is 0.179 e. The third-order valence-electron chi connectivity index (χ3n) is 3.38. The van der Waals surface area contributed by atoms with E-state index in [1.807, 2.05) is 0 Å². The Morgan fingerprint density at radius 3 is 2.67 bits per heavy atom. The van der Waals surface area contributed by atoms with Crippen LogP contribution in [0.15, 0.2) is 34.3 Å². The largest absolute Gasteiger partial charge is 0.260 e. The first-order chi connectivity index (χ1) is 11.3. The van der Waals surface area contributed by atoms with Crippen LogP contribution in [0.3, 0.4) is 0 Å². The summed E-state index contributed by atoms with van der Waals surface area (Å²) in [5.41, 5.74) is 3.21. The summed E-state index contributed by atoms with van der Waals surface area (Å²) < 4.78 is 37.7. The first kappa shape index (κ1) is 17.4. The predicted octanol–water partition coefficient (Wildman–Crippen LogP) is 4.17. The highest BCUT2D eigenvalue weighted by atomic mass is 35.5. The molecule has 1 aliphatic rings. The van der Waals surface area contributed by atoms with Crippen LogP contribution in [-0.2, 0) is 9.84 Å². The number of aromatic nitrogens is 1. The van der Waals surface area contributed by atoms with Gasteiger partial charge in [0, 0.05) is 12.0 Å². The summed E-state index contributed by atoms with van der Waals surface area (Å²) in [5.74, 6) is -0.511. The van der Waals surface area contributed by atoms with Gasteiger partial charge in [0.05, 0.1) is 26.4 Å². The van der Waals surface area contributed by atoms with Crippen molar-refractivity contribution in [1.29, 1.82) is 0 Å². The summed E-state index contributed by atoms with van der Waals surface area (Å²) in [4.78, 5) is 4.00. The molecule has 1 aromatic carbocycles. The minimum Gasteiger partial charge on any atom is -0.260 e. The normalized spacial score (nSPS) is 17.6. The van der Waals surface area contributed by atoms with Crippen LogP contribution in [0, 0.1) is 5.82 Å². The van der Waals surface area contributed by atoms with Gasteiger partial charge in [-0.15, -0.1) is 0 Å². The van der Waals surface area contributed by atoms with Gasteiger partial charge in [0.2, 0.25) is 0 Å². The van der Waals surface area contributed by atoms with Gasteiger partial charge in [0.25, 0.3) is 0 Å². The molecule has 126 valence electrons. The molecule has 10 heteroatoms. The zero-order valence-electron chi connectivity index (χ0n) is 11.9. The highest BCUT2D eigenvalue weighted by Gasteiger charge is 2.28. The number of halogens is 4. The van der Waals surface area contributed by atoms with Gasteiger partial charge in [0.15, 0.2) is 15.7 Å². The quantitative estimate of drug-likeness (QED) is 0.460. The van der Waals surface area contributed by atoms with Crippen molar-refractivity contribution in [2.75, 3.05) is 11.2 Å². The molecule has 0 bridgehead atoms. The van der Waals surface area contributed by atoms with Crippen LogP contribution in [0.25, 0.3) is 0 Å². The second-order valence-corrected chi connectivity index (χ2v) is 8.22. The molecule has 0 fully saturated rings. The Morgan fingerprint density at radius 1 is 1.17 bits per heavy atom. The number of nitrogens with one attached hydrogen (secondary N) is 1. The standard InChI is InChI=1S/C14H9Cl3FN3O2S/c15-9-6-10(16)14(19-13(9)17)21-20-11-3-4-24(22,23)12-2-1-7(18)5-8(11)12/h1-2,5-6H,3-4H2,(H,19,21). The van der Waals surface area contributed by atoms with E-state index in [4.69, 9.17) is 34.8 Å². The fraction of sp³-hybridized carbons (Fsp3) is 0.143. The van der Waals surface area contributed by atoms with Crippen LogP contribution in [-0.4, -0.2) is 24.9 Å². The number of benzene rings is 1. The maximum absolute atomic E-state index is 13.5.